The predicted molar refractivity (Wildman–Crippen MR) is 102 cm³/mol. The molecule has 1 atom stereocenters. The van der Waals surface area contributed by atoms with Gasteiger partial charge in [-0.15, -0.1) is 0 Å². The second kappa shape index (κ2) is 7.86. The number of carbonyl (C=O) groups is 1. The molecule has 0 aliphatic carbocycles. The van der Waals surface area contributed by atoms with Gasteiger partial charge in [0, 0.05) is 32.4 Å². The second-order valence-corrected chi connectivity index (χ2v) is 7.31. The molecule has 0 saturated heterocycles. The van der Waals surface area contributed by atoms with Crippen molar-refractivity contribution in [3.05, 3.63) is 41.3 Å². The lowest BCUT2D eigenvalue weighted by Crippen LogP contribution is -2.30. The summed E-state index contributed by atoms with van der Waals surface area (Å²) in [6.45, 7) is 6.83. The van der Waals surface area contributed by atoms with Crippen LogP contribution < -0.4 is 16.0 Å². The summed E-state index contributed by atoms with van der Waals surface area (Å²) < 4.78 is 1.91. The SMILES string of the molecule is CC(C)N(C)c1ccc(CNC[C@@H]2CCn3ncc(C(N)=O)c3C2)cn1. The van der Waals surface area contributed by atoms with Crippen LogP contribution in [0.5, 0.6) is 0 Å². The lowest BCUT2D eigenvalue weighted by Gasteiger charge is -2.24. The molecule has 0 fully saturated rings. The molecule has 0 saturated carbocycles. The number of hydrogen-bond acceptors (Lipinski definition) is 5. The fraction of sp³-hybridized carbons (Fsp3) is 0.526. The first kappa shape index (κ1) is 18.4. The molecule has 7 nitrogen and oxygen atoms in total. The van der Waals surface area contributed by atoms with E-state index < -0.39 is 5.91 Å². The van der Waals surface area contributed by atoms with Crippen LogP contribution in [0.4, 0.5) is 5.82 Å². The zero-order chi connectivity index (χ0) is 18.7. The Morgan fingerprint density at radius 3 is 2.88 bits per heavy atom. The molecule has 0 radical (unpaired) electrons. The van der Waals surface area contributed by atoms with Gasteiger partial charge in [0.2, 0.25) is 0 Å². The highest BCUT2D eigenvalue weighted by Crippen LogP contribution is 2.22. The van der Waals surface area contributed by atoms with Gasteiger partial charge in [0.05, 0.1) is 17.5 Å². The van der Waals surface area contributed by atoms with Gasteiger partial charge in [-0.25, -0.2) is 4.98 Å². The second-order valence-electron chi connectivity index (χ2n) is 7.31. The lowest BCUT2D eigenvalue weighted by atomic mass is 9.94. The molecule has 0 aromatic carbocycles. The van der Waals surface area contributed by atoms with Gasteiger partial charge < -0.3 is 16.0 Å². The van der Waals surface area contributed by atoms with E-state index in [1.165, 1.54) is 5.56 Å². The Bertz CT molecular complexity index is 752. The van der Waals surface area contributed by atoms with Gasteiger partial charge in [-0.1, -0.05) is 6.07 Å². The predicted octanol–water partition coefficient (Wildman–Crippen LogP) is 1.57. The molecule has 140 valence electrons. The average Bonchev–Trinajstić information content (AvgIpc) is 3.05. The molecule has 3 N–H and O–H groups in total. The normalized spacial score (nSPS) is 16.5. The summed E-state index contributed by atoms with van der Waals surface area (Å²) in [7, 11) is 2.05. The topological polar surface area (TPSA) is 89.1 Å². The van der Waals surface area contributed by atoms with Crippen LogP contribution in [0.15, 0.2) is 24.5 Å². The quantitative estimate of drug-likeness (QED) is 0.786. The van der Waals surface area contributed by atoms with Gasteiger partial charge in [0.15, 0.2) is 0 Å². The molecule has 2 aromatic rings. The van der Waals surface area contributed by atoms with Crippen LogP contribution in [0.2, 0.25) is 0 Å². The summed E-state index contributed by atoms with van der Waals surface area (Å²) in [6.07, 6.45) is 5.41. The number of fused-ring (bicyclic) bond motifs is 1. The van der Waals surface area contributed by atoms with Crippen molar-refractivity contribution in [3.8, 4) is 0 Å². The van der Waals surface area contributed by atoms with E-state index >= 15 is 0 Å². The van der Waals surface area contributed by atoms with Crippen molar-refractivity contribution in [2.75, 3.05) is 18.5 Å². The first-order valence-corrected chi connectivity index (χ1v) is 9.18. The number of nitrogens with zero attached hydrogens (tertiary/aromatic N) is 4. The van der Waals surface area contributed by atoms with Crippen LogP contribution in [-0.4, -0.2) is 40.3 Å². The Hall–Kier alpha value is -2.41. The maximum Gasteiger partial charge on any atom is 0.252 e. The van der Waals surface area contributed by atoms with Crippen molar-refractivity contribution in [1.29, 1.82) is 0 Å². The van der Waals surface area contributed by atoms with Crippen molar-refractivity contribution in [2.45, 2.75) is 45.8 Å². The molecule has 3 heterocycles. The lowest BCUT2D eigenvalue weighted by molar-refractivity contribution is 0.0998. The number of aryl methyl sites for hydroxylation is 1. The molecular weight excluding hydrogens is 328 g/mol. The number of rotatable bonds is 7. The van der Waals surface area contributed by atoms with Gasteiger partial charge in [-0.05, 0) is 50.8 Å². The van der Waals surface area contributed by atoms with Gasteiger partial charge in [-0.3, -0.25) is 9.48 Å². The molecular formula is C19H28N6O. The zero-order valence-electron chi connectivity index (χ0n) is 15.8. The summed E-state index contributed by atoms with van der Waals surface area (Å²) in [5.41, 5.74) is 8.14. The largest absolute Gasteiger partial charge is 0.365 e. The fourth-order valence-electron chi connectivity index (χ4n) is 3.29. The number of aromatic nitrogens is 3. The molecule has 1 amide bonds. The number of carbonyl (C=O) groups excluding carboxylic acids is 1. The number of hydrogen-bond donors (Lipinski definition) is 2. The Labute approximate surface area is 154 Å². The average molecular weight is 356 g/mol. The third kappa shape index (κ3) is 4.04. The maximum absolute atomic E-state index is 11.5. The number of anilines is 1. The van der Waals surface area contributed by atoms with Crippen molar-refractivity contribution in [2.24, 2.45) is 11.7 Å². The number of amides is 1. The van der Waals surface area contributed by atoms with E-state index in [-0.39, 0.29) is 0 Å². The molecule has 1 aliphatic rings. The highest BCUT2D eigenvalue weighted by molar-refractivity contribution is 5.93. The van der Waals surface area contributed by atoms with E-state index in [2.05, 4.69) is 53.3 Å². The minimum atomic E-state index is -0.391. The third-order valence-corrected chi connectivity index (χ3v) is 5.15. The van der Waals surface area contributed by atoms with Gasteiger partial charge in [0.1, 0.15) is 5.82 Å². The van der Waals surface area contributed by atoms with Crippen LogP contribution >= 0.6 is 0 Å². The van der Waals surface area contributed by atoms with E-state index in [4.69, 9.17) is 5.73 Å². The summed E-state index contributed by atoms with van der Waals surface area (Å²) >= 11 is 0. The first-order valence-electron chi connectivity index (χ1n) is 9.18. The van der Waals surface area contributed by atoms with Gasteiger partial charge in [0.25, 0.3) is 5.91 Å². The summed E-state index contributed by atoms with van der Waals surface area (Å²) in [6, 6.07) is 4.61. The van der Waals surface area contributed by atoms with Crippen molar-refractivity contribution < 1.29 is 4.79 Å². The van der Waals surface area contributed by atoms with E-state index in [0.717, 1.165) is 44.0 Å². The number of primary amides is 1. The molecule has 2 aromatic heterocycles. The summed E-state index contributed by atoms with van der Waals surface area (Å²) in [4.78, 5) is 18.2. The van der Waals surface area contributed by atoms with Gasteiger partial charge in [-0.2, -0.15) is 5.10 Å². The number of nitrogens with one attached hydrogen (secondary N) is 1. The van der Waals surface area contributed by atoms with E-state index in [9.17, 15) is 4.79 Å². The summed E-state index contributed by atoms with van der Waals surface area (Å²) in [5, 5.41) is 7.77. The van der Waals surface area contributed by atoms with Crippen LogP contribution in [-0.2, 0) is 19.5 Å². The van der Waals surface area contributed by atoms with Crippen molar-refractivity contribution in [1.82, 2.24) is 20.1 Å². The van der Waals surface area contributed by atoms with Crippen LogP contribution in [0.3, 0.4) is 0 Å². The van der Waals surface area contributed by atoms with Crippen molar-refractivity contribution in [3.63, 3.8) is 0 Å². The monoisotopic (exact) mass is 356 g/mol. The minimum Gasteiger partial charge on any atom is -0.365 e. The first-order chi connectivity index (χ1) is 12.5. The third-order valence-electron chi connectivity index (χ3n) is 5.15. The fourth-order valence-corrected chi connectivity index (χ4v) is 3.29. The number of nitrogens with two attached hydrogens (primary N) is 1. The Morgan fingerprint density at radius 2 is 2.23 bits per heavy atom. The van der Waals surface area contributed by atoms with Crippen LogP contribution in [0.1, 0.15) is 41.9 Å². The molecule has 0 bridgehead atoms. The molecule has 7 heteroatoms. The number of pyridine rings is 1. The molecule has 3 rings (SSSR count). The highest BCUT2D eigenvalue weighted by Gasteiger charge is 2.24. The van der Waals surface area contributed by atoms with E-state index in [1.54, 1.807) is 6.20 Å². The van der Waals surface area contributed by atoms with E-state index in [1.807, 2.05) is 10.9 Å². The smallest absolute Gasteiger partial charge is 0.252 e. The van der Waals surface area contributed by atoms with Gasteiger partial charge >= 0.3 is 0 Å². The molecule has 0 unspecified atom stereocenters. The van der Waals surface area contributed by atoms with Crippen LogP contribution in [0.25, 0.3) is 0 Å². The zero-order valence-corrected chi connectivity index (χ0v) is 15.8. The molecule has 26 heavy (non-hydrogen) atoms. The Kier molecular flexibility index (Phi) is 5.56. The highest BCUT2D eigenvalue weighted by atomic mass is 16.1. The van der Waals surface area contributed by atoms with E-state index in [0.29, 0.717) is 17.5 Å². The Balaban J connectivity index is 1.51. The maximum atomic E-state index is 11.5. The minimum absolute atomic E-state index is 0.391. The molecule has 1 aliphatic heterocycles. The summed E-state index contributed by atoms with van der Waals surface area (Å²) in [5.74, 6) is 1.08. The van der Waals surface area contributed by atoms with Crippen molar-refractivity contribution >= 4 is 11.7 Å². The Morgan fingerprint density at radius 1 is 1.42 bits per heavy atom. The van der Waals surface area contributed by atoms with Crippen LogP contribution in [0, 0.1) is 5.92 Å². The standard InChI is InChI=1S/C19H28N6O/c1-13(2)24(3)18-5-4-15(11-22-18)10-21-9-14-6-7-25-17(8-14)16(12-23-25)19(20)26/h4-5,11-14,21H,6-10H2,1-3H3,(H2,20,26)/t14-/m1/s1. The molecule has 0 spiro atoms.